The molecule has 11 heteroatoms. The van der Waals surface area contributed by atoms with Crippen LogP contribution in [0.15, 0.2) is 11.1 Å². The molecule has 0 bridgehead atoms. The summed E-state index contributed by atoms with van der Waals surface area (Å²) in [6, 6.07) is 1.58. The van der Waals surface area contributed by atoms with Crippen LogP contribution >= 0.6 is 11.3 Å². The first-order valence-electron chi connectivity index (χ1n) is 7.63. The summed E-state index contributed by atoms with van der Waals surface area (Å²) in [6.45, 7) is 1.93. The Morgan fingerprint density at radius 3 is 2.74 bits per heavy atom. The zero-order chi connectivity index (χ0) is 20.2. The predicted molar refractivity (Wildman–Crippen MR) is 92.8 cm³/mol. The van der Waals surface area contributed by atoms with Crippen molar-refractivity contribution in [2.45, 2.75) is 26.6 Å². The monoisotopic (exact) mass is 397 g/mol. The summed E-state index contributed by atoms with van der Waals surface area (Å²) in [5, 5.41) is 10.9. The van der Waals surface area contributed by atoms with Crippen molar-refractivity contribution in [3.05, 3.63) is 37.3 Å². The molecule has 2 rings (SSSR count). The summed E-state index contributed by atoms with van der Waals surface area (Å²) < 4.78 is 38.1. The van der Waals surface area contributed by atoms with Gasteiger partial charge in [0, 0.05) is 12.6 Å². The molecule has 0 aliphatic carbocycles. The molecule has 2 aromatic rings. The highest BCUT2D eigenvalue weighted by molar-refractivity contribution is 7.07. The van der Waals surface area contributed by atoms with E-state index >= 15 is 0 Å². The Labute approximate surface area is 154 Å². The molecule has 0 spiro atoms. The molecule has 0 saturated heterocycles. The molecule has 0 aromatic carbocycles. The van der Waals surface area contributed by atoms with Crippen molar-refractivity contribution in [2.75, 3.05) is 6.54 Å². The van der Waals surface area contributed by atoms with E-state index in [0.29, 0.717) is 11.4 Å². The van der Waals surface area contributed by atoms with Crippen LogP contribution in [0.5, 0.6) is 0 Å². The van der Waals surface area contributed by atoms with E-state index in [1.165, 1.54) is 12.4 Å². The molecule has 0 aliphatic heterocycles. The summed E-state index contributed by atoms with van der Waals surface area (Å²) in [5.41, 5.74) is 3.03. The molecule has 2 N–H and O–H groups in total. The molecule has 0 atom stereocenters. The lowest BCUT2D eigenvalue weighted by atomic mass is 10.3. The number of aryl methyl sites for hydroxylation is 1. The van der Waals surface area contributed by atoms with E-state index < -0.39 is 29.8 Å². The van der Waals surface area contributed by atoms with Crippen LogP contribution in [0, 0.1) is 18.3 Å². The molecule has 2 heterocycles. The van der Waals surface area contributed by atoms with E-state index in [-0.39, 0.29) is 15.7 Å². The molecule has 0 aliphatic rings. The molecule has 0 saturated carbocycles. The number of aromatic nitrogens is 3. The van der Waals surface area contributed by atoms with E-state index in [2.05, 4.69) is 15.7 Å². The lowest BCUT2D eigenvalue weighted by molar-refractivity contribution is -0.135. The Kier molecular flexibility index (Phi) is 6.05. The second kappa shape index (κ2) is 8.07. The molecule has 27 heavy (non-hydrogen) atoms. The zero-order valence-electron chi connectivity index (χ0n) is 14.3. The molecular weight excluding hydrogens is 383 g/mol. The van der Waals surface area contributed by atoms with Gasteiger partial charge in [0.25, 0.3) is 11.5 Å². The second-order valence-corrected chi connectivity index (χ2v) is 6.26. The van der Waals surface area contributed by atoms with Gasteiger partial charge in [-0.05, 0) is 13.8 Å². The van der Waals surface area contributed by atoms with Crippen LogP contribution < -0.4 is 20.1 Å². The predicted octanol–water partition coefficient (Wildman–Crippen LogP) is 0.407. The lowest BCUT2D eigenvalue weighted by Gasteiger charge is -2.07. The highest BCUT2D eigenvalue weighted by Gasteiger charge is 2.28. The van der Waals surface area contributed by atoms with Crippen molar-refractivity contribution in [2.24, 2.45) is 0 Å². The van der Waals surface area contributed by atoms with E-state index in [0.717, 1.165) is 15.9 Å². The fourth-order valence-electron chi connectivity index (χ4n) is 2.10. The SMILES string of the molecule is CCn1c(=O)c(=C=Cc2[nH]cnc2C)s/c1=C(/C#N)C(=O)NCC(F)(F)F. The first-order valence-corrected chi connectivity index (χ1v) is 8.45. The maximum Gasteiger partial charge on any atom is 0.405 e. The largest absolute Gasteiger partial charge is 0.405 e. The molecular formula is C16H14F3N5O2S. The Bertz CT molecular complexity index is 1110. The summed E-state index contributed by atoms with van der Waals surface area (Å²) >= 11 is 0.805. The van der Waals surface area contributed by atoms with Crippen molar-refractivity contribution in [3.63, 3.8) is 0 Å². The standard InChI is InChI=1S/C16H14F3N5O2S/c1-3-24-14(26)12(5-4-11-9(2)22-8-23-11)27-15(24)10(6-20)13(25)21-7-16(17,18)19/h4,8H,3,7H2,1-2H3,(H,21,25)(H,22,23)/b15-10-. The molecule has 2 aromatic heterocycles. The average Bonchev–Trinajstić information content (AvgIpc) is 3.14. The minimum absolute atomic E-state index is 0.0260. The van der Waals surface area contributed by atoms with Crippen LogP contribution in [0.25, 0.3) is 17.4 Å². The Hall–Kier alpha value is -3.09. The van der Waals surface area contributed by atoms with Gasteiger partial charge in [-0.15, -0.1) is 11.3 Å². The first-order chi connectivity index (χ1) is 12.7. The fraction of sp³-hybridized carbons (Fsp3) is 0.312. The van der Waals surface area contributed by atoms with Gasteiger partial charge in [-0.2, -0.15) is 18.4 Å². The normalized spacial score (nSPS) is 12.1. The van der Waals surface area contributed by atoms with Gasteiger partial charge < -0.3 is 10.3 Å². The number of hydrogen-bond acceptors (Lipinski definition) is 5. The van der Waals surface area contributed by atoms with E-state index in [1.54, 1.807) is 25.2 Å². The van der Waals surface area contributed by atoms with E-state index in [9.17, 15) is 28.0 Å². The van der Waals surface area contributed by atoms with Gasteiger partial charge in [0.2, 0.25) is 0 Å². The maximum atomic E-state index is 12.5. The van der Waals surface area contributed by atoms with Crippen molar-refractivity contribution in [1.82, 2.24) is 19.9 Å². The highest BCUT2D eigenvalue weighted by Crippen LogP contribution is 2.12. The number of rotatable bonds is 4. The smallest absolute Gasteiger partial charge is 0.344 e. The van der Waals surface area contributed by atoms with Crippen LogP contribution in [0.3, 0.4) is 0 Å². The van der Waals surface area contributed by atoms with Gasteiger partial charge in [-0.3, -0.25) is 14.2 Å². The summed E-state index contributed by atoms with van der Waals surface area (Å²) in [4.78, 5) is 31.3. The van der Waals surface area contributed by atoms with Gasteiger partial charge >= 0.3 is 6.18 Å². The lowest BCUT2D eigenvalue weighted by Crippen LogP contribution is -2.37. The number of H-pyrrole nitrogens is 1. The average molecular weight is 397 g/mol. The third kappa shape index (κ3) is 4.75. The van der Waals surface area contributed by atoms with Crippen LogP contribution in [0.1, 0.15) is 18.3 Å². The molecule has 0 unspecified atom stereocenters. The number of imidazole rings is 1. The molecule has 1 amide bonds. The van der Waals surface area contributed by atoms with Crippen molar-refractivity contribution in [3.8, 4) is 6.07 Å². The van der Waals surface area contributed by atoms with Gasteiger partial charge in [0.05, 0.1) is 17.7 Å². The van der Waals surface area contributed by atoms with Crippen molar-refractivity contribution in [1.29, 1.82) is 5.26 Å². The third-order valence-electron chi connectivity index (χ3n) is 3.42. The Morgan fingerprint density at radius 2 is 2.22 bits per heavy atom. The van der Waals surface area contributed by atoms with Crippen LogP contribution in [0.4, 0.5) is 13.2 Å². The zero-order valence-corrected chi connectivity index (χ0v) is 15.1. The molecule has 7 nitrogen and oxygen atoms in total. The van der Waals surface area contributed by atoms with Gasteiger partial charge in [0.15, 0.2) is 5.57 Å². The first kappa shape index (κ1) is 20.2. The number of thiazole rings is 1. The number of aromatic amines is 1. The summed E-state index contributed by atoms with van der Waals surface area (Å²) in [6.07, 6.45) is -1.64. The second-order valence-electron chi connectivity index (χ2n) is 5.26. The van der Waals surface area contributed by atoms with Crippen LogP contribution in [-0.4, -0.2) is 33.2 Å². The third-order valence-corrected chi connectivity index (χ3v) is 4.53. The van der Waals surface area contributed by atoms with Gasteiger partial charge in [-0.25, -0.2) is 4.98 Å². The van der Waals surface area contributed by atoms with Crippen LogP contribution in [-0.2, 0) is 11.3 Å². The van der Waals surface area contributed by atoms with Gasteiger partial charge in [0.1, 0.15) is 21.8 Å². The maximum absolute atomic E-state index is 12.5. The van der Waals surface area contributed by atoms with Crippen molar-refractivity contribution < 1.29 is 18.0 Å². The van der Waals surface area contributed by atoms with E-state index in [4.69, 9.17) is 0 Å². The molecule has 0 fully saturated rings. The number of carbonyl (C=O) groups is 1. The number of nitrogens with zero attached hydrogens (tertiary/aromatic N) is 3. The molecule has 142 valence electrons. The minimum atomic E-state index is -4.61. The molecule has 0 radical (unpaired) electrons. The Balaban J connectivity index is 2.63. The number of nitriles is 1. The Morgan fingerprint density at radius 1 is 1.52 bits per heavy atom. The minimum Gasteiger partial charge on any atom is -0.344 e. The topological polar surface area (TPSA) is 104 Å². The van der Waals surface area contributed by atoms with Crippen LogP contribution in [0.2, 0.25) is 0 Å². The number of nitrogens with one attached hydrogen (secondary N) is 2. The fourth-order valence-corrected chi connectivity index (χ4v) is 3.17. The van der Waals surface area contributed by atoms with Gasteiger partial charge in [-0.1, -0.05) is 5.73 Å². The number of carbonyl (C=O) groups excluding carboxylic acids is 1. The number of alkyl halides is 3. The summed E-state index contributed by atoms with van der Waals surface area (Å²) in [5.74, 6) is -1.20. The highest BCUT2D eigenvalue weighted by atomic mass is 32.1. The quantitative estimate of drug-likeness (QED) is 0.780. The summed E-state index contributed by atoms with van der Waals surface area (Å²) in [7, 11) is 0. The number of hydrogen-bond donors (Lipinski definition) is 2. The number of halogens is 3. The van der Waals surface area contributed by atoms with Crippen molar-refractivity contribution >= 4 is 34.6 Å². The van der Waals surface area contributed by atoms with E-state index in [1.807, 2.05) is 0 Å². The number of amides is 1.